The molecule has 16 heavy (non-hydrogen) atoms. The van der Waals surface area contributed by atoms with E-state index in [4.69, 9.17) is 0 Å². The van der Waals surface area contributed by atoms with Crippen LogP contribution in [0.5, 0.6) is 0 Å². The first-order valence-corrected chi connectivity index (χ1v) is 7.05. The summed E-state index contributed by atoms with van der Waals surface area (Å²) < 4.78 is 1.13. The van der Waals surface area contributed by atoms with Crippen molar-refractivity contribution in [3.05, 3.63) is 56.7 Å². The summed E-state index contributed by atoms with van der Waals surface area (Å²) in [6, 6.07) is 10.9. The molecule has 1 atom stereocenters. The lowest BCUT2D eigenvalue weighted by Crippen LogP contribution is -2.21. The second-order valence-electron chi connectivity index (χ2n) is 3.60. The van der Waals surface area contributed by atoms with Crippen molar-refractivity contribution in [2.75, 3.05) is 6.54 Å². The number of benzene rings is 1. The molecule has 1 aromatic carbocycles. The molecule has 0 spiro atoms. The van der Waals surface area contributed by atoms with Crippen molar-refractivity contribution in [2.24, 2.45) is 0 Å². The van der Waals surface area contributed by atoms with Gasteiger partial charge < -0.3 is 5.32 Å². The Kier molecular flexibility index (Phi) is 4.16. The van der Waals surface area contributed by atoms with Crippen molar-refractivity contribution in [3.63, 3.8) is 0 Å². The van der Waals surface area contributed by atoms with Gasteiger partial charge >= 0.3 is 0 Å². The number of nitrogens with one attached hydrogen (secondary N) is 1. The van der Waals surface area contributed by atoms with Crippen LogP contribution in [0.2, 0.25) is 0 Å². The van der Waals surface area contributed by atoms with Gasteiger partial charge in [0.05, 0.1) is 6.04 Å². The van der Waals surface area contributed by atoms with Gasteiger partial charge in [-0.25, -0.2) is 0 Å². The average molecular weight is 296 g/mol. The molecule has 1 aromatic heterocycles. The van der Waals surface area contributed by atoms with Gasteiger partial charge in [-0.3, -0.25) is 0 Å². The molecule has 0 bridgehead atoms. The van der Waals surface area contributed by atoms with Crippen molar-refractivity contribution in [1.29, 1.82) is 0 Å². The zero-order chi connectivity index (χ0) is 11.4. The molecule has 0 aliphatic carbocycles. The summed E-state index contributed by atoms with van der Waals surface area (Å²) in [6.45, 7) is 3.10. The van der Waals surface area contributed by atoms with Crippen molar-refractivity contribution in [3.8, 4) is 0 Å². The molecule has 0 aliphatic rings. The molecule has 2 rings (SSSR count). The largest absolute Gasteiger partial charge is 0.307 e. The van der Waals surface area contributed by atoms with E-state index in [0.717, 1.165) is 11.0 Å². The fraction of sp³-hybridized carbons (Fsp3) is 0.231. The van der Waals surface area contributed by atoms with E-state index in [9.17, 15) is 0 Å². The monoisotopic (exact) mass is 295 g/mol. The minimum Gasteiger partial charge on any atom is -0.307 e. The second kappa shape index (κ2) is 5.62. The highest BCUT2D eigenvalue weighted by Crippen LogP contribution is 2.25. The maximum Gasteiger partial charge on any atom is 0.0585 e. The van der Waals surface area contributed by atoms with E-state index in [2.05, 4.69) is 69.3 Å². The Bertz CT molecular complexity index is 439. The topological polar surface area (TPSA) is 12.0 Å². The first-order chi connectivity index (χ1) is 7.81. The summed E-state index contributed by atoms with van der Waals surface area (Å²) in [6.07, 6.45) is 0. The van der Waals surface area contributed by atoms with Gasteiger partial charge in [0.15, 0.2) is 0 Å². The minimum absolute atomic E-state index is 0.300. The molecule has 0 aliphatic heterocycles. The van der Waals surface area contributed by atoms with Gasteiger partial charge in [-0.15, -0.1) is 0 Å². The molecule has 0 saturated carbocycles. The molecule has 0 fully saturated rings. The number of hydrogen-bond donors (Lipinski definition) is 1. The smallest absolute Gasteiger partial charge is 0.0585 e. The lowest BCUT2D eigenvalue weighted by Gasteiger charge is -2.17. The molecule has 1 unspecified atom stereocenters. The molecular weight excluding hydrogens is 282 g/mol. The quantitative estimate of drug-likeness (QED) is 0.891. The number of thiophene rings is 1. The lowest BCUT2D eigenvalue weighted by atomic mass is 10.0. The summed E-state index contributed by atoms with van der Waals surface area (Å²) in [5.41, 5.74) is 2.64. The third-order valence-electron chi connectivity index (χ3n) is 2.47. The summed E-state index contributed by atoms with van der Waals surface area (Å²) in [7, 11) is 0. The van der Waals surface area contributed by atoms with E-state index in [0.29, 0.717) is 6.04 Å². The van der Waals surface area contributed by atoms with Gasteiger partial charge in [0.25, 0.3) is 0 Å². The van der Waals surface area contributed by atoms with E-state index in [1.165, 1.54) is 11.1 Å². The van der Waals surface area contributed by atoms with Crippen molar-refractivity contribution >= 4 is 27.3 Å². The highest BCUT2D eigenvalue weighted by molar-refractivity contribution is 9.10. The van der Waals surface area contributed by atoms with Crippen LogP contribution in [0.4, 0.5) is 0 Å². The maximum absolute atomic E-state index is 3.52. The van der Waals surface area contributed by atoms with Crippen LogP contribution in [0.1, 0.15) is 24.1 Å². The van der Waals surface area contributed by atoms with Crippen molar-refractivity contribution in [2.45, 2.75) is 13.0 Å². The number of halogens is 1. The first-order valence-electron chi connectivity index (χ1n) is 5.32. The Balaban J connectivity index is 2.33. The van der Waals surface area contributed by atoms with E-state index >= 15 is 0 Å². The third-order valence-corrected chi connectivity index (χ3v) is 3.66. The van der Waals surface area contributed by atoms with Crippen LogP contribution in [0, 0.1) is 0 Å². The van der Waals surface area contributed by atoms with Gasteiger partial charge in [-0.2, -0.15) is 11.3 Å². The minimum atomic E-state index is 0.300. The molecule has 1 heterocycles. The van der Waals surface area contributed by atoms with E-state index in [-0.39, 0.29) is 0 Å². The van der Waals surface area contributed by atoms with Crippen LogP contribution in [-0.4, -0.2) is 6.54 Å². The van der Waals surface area contributed by atoms with Gasteiger partial charge in [0.2, 0.25) is 0 Å². The maximum atomic E-state index is 3.52. The molecule has 1 nitrogen and oxygen atoms in total. The van der Waals surface area contributed by atoms with Crippen LogP contribution in [0.3, 0.4) is 0 Å². The fourth-order valence-corrected chi connectivity index (χ4v) is 2.86. The summed E-state index contributed by atoms with van der Waals surface area (Å²) >= 11 is 5.26. The van der Waals surface area contributed by atoms with Crippen LogP contribution < -0.4 is 5.32 Å². The second-order valence-corrected chi connectivity index (χ2v) is 5.30. The zero-order valence-corrected chi connectivity index (χ0v) is 11.5. The standard InChI is InChI=1S/C13H14BrNS/c1-2-15-13(11-6-7-16-9-11)10-4-3-5-12(14)8-10/h3-9,13,15H,2H2,1H3. The normalized spacial score (nSPS) is 12.6. The number of rotatable bonds is 4. The van der Waals surface area contributed by atoms with E-state index in [1.54, 1.807) is 11.3 Å². The van der Waals surface area contributed by atoms with E-state index in [1.807, 2.05) is 0 Å². The van der Waals surface area contributed by atoms with Crippen LogP contribution >= 0.6 is 27.3 Å². The Morgan fingerprint density at radius 3 is 2.81 bits per heavy atom. The molecule has 1 N–H and O–H groups in total. The average Bonchev–Trinajstić information content (AvgIpc) is 2.79. The SMILES string of the molecule is CCNC(c1ccsc1)c1cccc(Br)c1. The predicted octanol–water partition coefficient (Wildman–Crippen LogP) is 4.21. The summed E-state index contributed by atoms with van der Waals surface area (Å²) in [5, 5.41) is 7.84. The fourth-order valence-electron chi connectivity index (χ4n) is 1.76. The molecule has 0 radical (unpaired) electrons. The first kappa shape index (κ1) is 11.8. The lowest BCUT2D eigenvalue weighted by molar-refractivity contribution is 0.632. The molecular formula is C13H14BrNS. The molecule has 3 heteroatoms. The van der Waals surface area contributed by atoms with Crippen molar-refractivity contribution in [1.82, 2.24) is 5.32 Å². The van der Waals surface area contributed by atoms with E-state index < -0.39 is 0 Å². The highest BCUT2D eigenvalue weighted by Gasteiger charge is 2.12. The van der Waals surface area contributed by atoms with Gasteiger partial charge in [-0.05, 0) is 46.6 Å². The summed E-state index contributed by atoms with van der Waals surface area (Å²) in [4.78, 5) is 0. The molecule has 84 valence electrons. The Morgan fingerprint density at radius 2 is 2.19 bits per heavy atom. The predicted molar refractivity (Wildman–Crippen MR) is 74.0 cm³/mol. The molecule has 0 saturated heterocycles. The van der Waals surface area contributed by atoms with Crippen LogP contribution in [0.15, 0.2) is 45.6 Å². The van der Waals surface area contributed by atoms with Gasteiger partial charge in [0, 0.05) is 4.47 Å². The number of hydrogen-bond acceptors (Lipinski definition) is 2. The Morgan fingerprint density at radius 1 is 1.31 bits per heavy atom. The Hall–Kier alpha value is -0.640. The van der Waals surface area contributed by atoms with Crippen LogP contribution in [-0.2, 0) is 0 Å². The van der Waals surface area contributed by atoms with Gasteiger partial charge in [-0.1, -0.05) is 35.0 Å². The zero-order valence-electron chi connectivity index (χ0n) is 9.11. The Labute approximate surface area is 109 Å². The molecule has 0 amide bonds. The summed E-state index contributed by atoms with van der Waals surface area (Å²) in [5.74, 6) is 0. The van der Waals surface area contributed by atoms with Crippen molar-refractivity contribution < 1.29 is 0 Å². The third kappa shape index (κ3) is 2.73. The highest BCUT2D eigenvalue weighted by atomic mass is 79.9. The van der Waals surface area contributed by atoms with Gasteiger partial charge in [0.1, 0.15) is 0 Å². The van der Waals surface area contributed by atoms with Crippen LogP contribution in [0.25, 0.3) is 0 Å². The molecule has 2 aromatic rings.